The van der Waals surface area contributed by atoms with E-state index in [4.69, 9.17) is 0 Å². The zero-order valence-corrected chi connectivity index (χ0v) is 15.5. The van der Waals surface area contributed by atoms with Crippen molar-refractivity contribution >= 4 is 5.96 Å². The third kappa shape index (κ3) is 4.72. The molecule has 0 amide bonds. The van der Waals surface area contributed by atoms with Crippen molar-refractivity contribution in [1.29, 1.82) is 0 Å². The van der Waals surface area contributed by atoms with Crippen LogP contribution in [0.15, 0.2) is 29.3 Å². The van der Waals surface area contributed by atoms with Gasteiger partial charge in [-0.25, -0.2) is 4.39 Å². The highest BCUT2D eigenvalue weighted by molar-refractivity contribution is 5.80. The molecule has 0 bridgehead atoms. The molecule has 1 aliphatic heterocycles. The van der Waals surface area contributed by atoms with E-state index < -0.39 is 0 Å². The lowest BCUT2D eigenvalue weighted by atomic mass is 9.96. The van der Waals surface area contributed by atoms with Gasteiger partial charge in [-0.15, -0.1) is 0 Å². The Kier molecular flexibility index (Phi) is 5.94. The molecule has 3 rings (SSSR count). The molecule has 0 atom stereocenters. The van der Waals surface area contributed by atoms with Gasteiger partial charge in [-0.2, -0.15) is 0 Å². The van der Waals surface area contributed by atoms with E-state index in [0.717, 1.165) is 56.8 Å². The van der Waals surface area contributed by atoms with Crippen LogP contribution in [0.1, 0.15) is 44.6 Å². The Morgan fingerprint density at radius 3 is 2.68 bits per heavy atom. The van der Waals surface area contributed by atoms with Crippen LogP contribution >= 0.6 is 0 Å². The summed E-state index contributed by atoms with van der Waals surface area (Å²) in [7, 11) is 1.82. The Balaban J connectivity index is 1.49. The average Bonchev–Trinajstić information content (AvgIpc) is 3.41. The zero-order chi connectivity index (χ0) is 17.7. The standard InChI is InChI=1S/C20H31FN4/c1-3-11-25-12-7-18(8-13-25)24-19(22-2)23-15-20(9-10-20)16-5-4-6-17(21)14-16/h4-6,14,18H,3,7-13,15H2,1-2H3,(H2,22,23,24). The molecule has 0 unspecified atom stereocenters. The van der Waals surface area contributed by atoms with Crippen LogP contribution in [-0.4, -0.2) is 50.1 Å². The molecule has 1 saturated heterocycles. The quantitative estimate of drug-likeness (QED) is 0.615. The molecule has 4 nitrogen and oxygen atoms in total. The lowest BCUT2D eigenvalue weighted by Gasteiger charge is -2.33. The van der Waals surface area contributed by atoms with Gasteiger partial charge in [0.15, 0.2) is 5.96 Å². The Labute approximate surface area is 150 Å². The average molecular weight is 346 g/mol. The van der Waals surface area contributed by atoms with Gasteiger partial charge in [0.2, 0.25) is 0 Å². The number of nitrogens with zero attached hydrogens (tertiary/aromatic N) is 2. The minimum Gasteiger partial charge on any atom is -0.356 e. The second-order valence-electron chi connectivity index (χ2n) is 7.48. The smallest absolute Gasteiger partial charge is 0.191 e. The van der Waals surface area contributed by atoms with Gasteiger partial charge in [0, 0.05) is 38.1 Å². The first-order valence-corrected chi connectivity index (χ1v) is 9.61. The summed E-state index contributed by atoms with van der Waals surface area (Å²) in [5, 5.41) is 7.05. The zero-order valence-electron chi connectivity index (χ0n) is 15.5. The Morgan fingerprint density at radius 2 is 2.08 bits per heavy atom. The van der Waals surface area contributed by atoms with Crippen LogP contribution in [0.4, 0.5) is 4.39 Å². The number of benzene rings is 1. The number of halogens is 1. The van der Waals surface area contributed by atoms with Crippen molar-refractivity contribution in [2.24, 2.45) is 4.99 Å². The van der Waals surface area contributed by atoms with Gasteiger partial charge < -0.3 is 15.5 Å². The van der Waals surface area contributed by atoms with E-state index in [1.165, 1.54) is 19.0 Å². The van der Waals surface area contributed by atoms with E-state index in [1.807, 2.05) is 19.2 Å². The molecule has 1 aromatic carbocycles. The summed E-state index contributed by atoms with van der Waals surface area (Å²) in [4.78, 5) is 6.93. The predicted octanol–water partition coefficient (Wildman–Crippen LogP) is 2.90. The Morgan fingerprint density at radius 1 is 1.32 bits per heavy atom. The normalized spacial score (nSPS) is 21.2. The highest BCUT2D eigenvalue weighted by Gasteiger charge is 2.44. The number of aliphatic imine (C=N–C) groups is 1. The van der Waals surface area contributed by atoms with E-state index in [2.05, 4.69) is 27.4 Å². The molecule has 1 aliphatic carbocycles. The topological polar surface area (TPSA) is 39.7 Å². The second-order valence-corrected chi connectivity index (χ2v) is 7.48. The summed E-state index contributed by atoms with van der Waals surface area (Å²) in [5.74, 6) is 0.724. The van der Waals surface area contributed by atoms with E-state index in [-0.39, 0.29) is 11.2 Å². The van der Waals surface area contributed by atoms with Gasteiger partial charge in [0.05, 0.1) is 0 Å². The first-order valence-electron chi connectivity index (χ1n) is 9.61. The van der Waals surface area contributed by atoms with Crippen LogP contribution in [0, 0.1) is 5.82 Å². The lowest BCUT2D eigenvalue weighted by Crippen LogP contribution is -2.49. The number of nitrogens with one attached hydrogen (secondary N) is 2. The van der Waals surface area contributed by atoms with Crippen LogP contribution in [0.2, 0.25) is 0 Å². The van der Waals surface area contributed by atoms with Gasteiger partial charge in [-0.1, -0.05) is 19.1 Å². The Bertz CT molecular complexity index is 589. The molecule has 2 N–H and O–H groups in total. The summed E-state index contributed by atoms with van der Waals surface area (Å²) in [5.41, 5.74) is 1.17. The SMILES string of the molecule is CCCN1CCC(NC(=NC)NCC2(c3cccc(F)c3)CC2)CC1. The molecular weight excluding hydrogens is 315 g/mol. The van der Waals surface area contributed by atoms with Crippen molar-refractivity contribution in [3.8, 4) is 0 Å². The van der Waals surface area contributed by atoms with Crippen molar-refractivity contribution in [2.75, 3.05) is 33.2 Å². The monoisotopic (exact) mass is 346 g/mol. The van der Waals surface area contributed by atoms with E-state index in [0.29, 0.717) is 6.04 Å². The van der Waals surface area contributed by atoms with Crippen LogP contribution < -0.4 is 10.6 Å². The molecule has 2 fully saturated rings. The fourth-order valence-corrected chi connectivity index (χ4v) is 3.79. The number of hydrogen-bond acceptors (Lipinski definition) is 2. The first-order chi connectivity index (χ1) is 12.1. The lowest BCUT2D eigenvalue weighted by molar-refractivity contribution is 0.206. The van der Waals surface area contributed by atoms with Crippen molar-refractivity contribution < 1.29 is 4.39 Å². The minimum absolute atomic E-state index is 0.0736. The predicted molar refractivity (Wildman–Crippen MR) is 102 cm³/mol. The maximum absolute atomic E-state index is 13.5. The van der Waals surface area contributed by atoms with Crippen LogP contribution in [-0.2, 0) is 5.41 Å². The summed E-state index contributed by atoms with van der Waals surface area (Å²) in [6.45, 7) is 6.58. The second kappa shape index (κ2) is 8.17. The van der Waals surface area contributed by atoms with Crippen molar-refractivity contribution in [3.63, 3.8) is 0 Å². The Hall–Kier alpha value is -1.62. The molecule has 1 saturated carbocycles. The molecule has 138 valence electrons. The van der Waals surface area contributed by atoms with Gasteiger partial charge in [-0.3, -0.25) is 4.99 Å². The van der Waals surface area contributed by atoms with Gasteiger partial charge >= 0.3 is 0 Å². The van der Waals surface area contributed by atoms with Gasteiger partial charge in [0.1, 0.15) is 5.82 Å². The maximum Gasteiger partial charge on any atom is 0.191 e. The van der Waals surface area contributed by atoms with E-state index in [1.54, 1.807) is 6.07 Å². The van der Waals surface area contributed by atoms with Crippen molar-refractivity contribution in [3.05, 3.63) is 35.6 Å². The highest BCUT2D eigenvalue weighted by atomic mass is 19.1. The van der Waals surface area contributed by atoms with Crippen LogP contribution in [0.3, 0.4) is 0 Å². The number of likely N-dealkylation sites (tertiary alicyclic amines) is 1. The van der Waals surface area contributed by atoms with Gasteiger partial charge in [0.25, 0.3) is 0 Å². The molecular formula is C20H31FN4. The fraction of sp³-hybridized carbons (Fsp3) is 0.650. The van der Waals surface area contributed by atoms with Crippen molar-refractivity contribution in [1.82, 2.24) is 15.5 Å². The summed E-state index contributed by atoms with van der Waals surface area (Å²) in [6, 6.07) is 7.52. The fourth-order valence-electron chi connectivity index (χ4n) is 3.79. The molecule has 5 heteroatoms. The molecule has 1 aromatic rings. The summed E-state index contributed by atoms with van der Waals surface area (Å²) < 4.78 is 13.5. The van der Waals surface area contributed by atoms with E-state index in [9.17, 15) is 4.39 Å². The summed E-state index contributed by atoms with van der Waals surface area (Å²) in [6.07, 6.45) is 5.76. The van der Waals surface area contributed by atoms with Crippen LogP contribution in [0.25, 0.3) is 0 Å². The molecule has 0 spiro atoms. The molecule has 2 aliphatic rings. The first kappa shape index (κ1) is 18.2. The largest absolute Gasteiger partial charge is 0.356 e. The third-order valence-electron chi connectivity index (χ3n) is 5.58. The van der Waals surface area contributed by atoms with Crippen molar-refractivity contribution in [2.45, 2.75) is 50.5 Å². The minimum atomic E-state index is -0.148. The molecule has 25 heavy (non-hydrogen) atoms. The molecule has 1 heterocycles. The number of piperidine rings is 1. The van der Waals surface area contributed by atoms with Gasteiger partial charge in [-0.05, 0) is 56.3 Å². The maximum atomic E-state index is 13.5. The number of hydrogen-bond donors (Lipinski definition) is 2. The van der Waals surface area contributed by atoms with Crippen LogP contribution in [0.5, 0.6) is 0 Å². The molecule has 0 aromatic heterocycles. The molecule has 0 radical (unpaired) electrons. The third-order valence-corrected chi connectivity index (χ3v) is 5.58. The summed E-state index contributed by atoms with van der Waals surface area (Å²) >= 11 is 0. The van der Waals surface area contributed by atoms with E-state index >= 15 is 0 Å². The highest BCUT2D eigenvalue weighted by Crippen LogP contribution is 2.47. The number of rotatable bonds is 6. The number of guanidine groups is 1.